The van der Waals surface area contributed by atoms with Gasteiger partial charge in [0.05, 0.1) is 29.9 Å². The molecule has 0 amide bonds. The molecule has 0 unspecified atom stereocenters. The fourth-order valence-corrected chi connectivity index (χ4v) is 4.98. The van der Waals surface area contributed by atoms with E-state index in [4.69, 9.17) is 4.74 Å². The summed E-state index contributed by atoms with van der Waals surface area (Å²) in [5, 5.41) is 0. The quantitative estimate of drug-likeness (QED) is 0.658. The van der Waals surface area contributed by atoms with Crippen LogP contribution in [0.5, 0.6) is 5.75 Å². The van der Waals surface area contributed by atoms with Crippen molar-refractivity contribution in [2.75, 3.05) is 29.4 Å². The minimum absolute atomic E-state index is 0.299. The lowest BCUT2D eigenvalue weighted by Gasteiger charge is -2.38. The number of sulfonamides is 1. The summed E-state index contributed by atoms with van der Waals surface area (Å²) in [5.41, 5.74) is 2.71. The van der Waals surface area contributed by atoms with Crippen LogP contribution >= 0.6 is 0 Å². The van der Waals surface area contributed by atoms with Crippen molar-refractivity contribution in [3.05, 3.63) is 84.4 Å². The molecule has 0 spiro atoms. The number of ether oxygens (including phenoxy) is 1. The molecule has 3 aromatic carbocycles. The van der Waals surface area contributed by atoms with Crippen molar-refractivity contribution in [3.8, 4) is 5.75 Å². The third kappa shape index (κ3) is 3.43. The van der Waals surface area contributed by atoms with Gasteiger partial charge in [-0.25, -0.2) is 8.42 Å². The third-order valence-corrected chi connectivity index (χ3v) is 6.74. The molecule has 0 saturated carbocycles. The zero-order valence-corrected chi connectivity index (χ0v) is 16.5. The highest BCUT2D eigenvalue weighted by Crippen LogP contribution is 2.39. The largest absolute Gasteiger partial charge is 0.497 e. The standard InChI is InChI=1S/C22H22N2O3S/c1-27-19-12-13-21-22(16-19)23(17-18-8-4-2-5-9-18)14-15-24(21)28(25,26)20-10-6-3-7-11-20/h2-13,16H,14-15,17H2,1H3. The topological polar surface area (TPSA) is 49.9 Å². The van der Waals surface area contributed by atoms with Crippen molar-refractivity contribution in [1.82, 2.24) is 0 Å². The molecule has 1 aliphatic heterocycles. The molecule has 6 heteroatoms. The first-order valence-electron chi connectivity index (χ1n) is 9.14. The lowest BCUT2D eigenvalue weighted by atomic mass is 10.1. The number of nitrogens with zero attached hydrogens (tertiary/aromatic N) is 2. The molecule has 0 aromatic heterocycles. The van der Waals surface area contributed by atoms with E-state index >= 15 is 0 Å². The normalized spacial score (nSPS) is 13.9. The maximum Gasteiger partial charge on any atom is 0.264 e. The van der Waals surface area contributed by atoms with E-state index in [1.807, 2.05) is 36.4 Å². The van der Waals surface area contributed by atoms with Gasteiger partial charge in [0.1, 0.15) is 5.75 Å². The molecule has 0 aliphatic carbocycles. The molecule has 0 bridgehead atoms. The van der Waals surface area contributed by atoms with Gasteiger partial charge >= 0.3 is 0 Å². The van der Waals surface area contributed by atoms with Crippen molar-refractivity contribution in [1.29, 1.82) is 0 Å². The highest BCUT2D eigenvalue weighted by atomic mass is 32.2. The van der Waals surface area contributed by atoms with Gasteiger partial charge in [-0.1, -0.05) is 48.5 Å². The molecule has 0 saturated heterocycles. The van der Waals surface area contributed by atoms with Crippen LogP contribution in [-0.4, -0.2) is 28.6 Å². The van der Waals surface area contributed by atoms with Crippen LogP contribution in [0, 0.1) is 0 Å². The minimum atomic E-state index is -3.63. The van der Waals surface area contributed by atoms with E-state index in [0.29, 0.717) is 36.0 Å². The van der Waals surface area contributed by atoms with Crippen molar-refractivity contribution in [3.63, 3.8) is 0 Å². The maximum absolute atomic E-state index is 13.2. The second-order valence-electron chi connectivity index (χ2n) is 6.65. The number of fused-ring (bicyclic) bond motifs is 1. The minimum Gasteiger partial charge on any atom is -0.497 e. The molecule has 1 heterocycles. The molecular formula is C22H22N2O3S. The Bertz CT molecular complexity index is 1050. The summed E-state index contributed by atoms with van der Waals surface area (Å²) in [6, 6.07) is 24.3. The molecule has 3 aromatic rings. The fourth-order valence-electron chi connectivity index (χ4n) is 3.48. The van der Waals surface area contributed by atoms with E-state index in [-0.39, 0.29) is 0 Å². The number of hydrogen-bond donors (Lipinski definition) is 0. The average molecular weight is 394 g/mol. The van der Waals surface area contributed by atoms with Gasteiger partial charge in [0.15, 0.2) is 0 Å². The van der Waals surface area contributed by atoms with Crippen molar-refractivity contribution in [2.45, 2.75) is 11.4 Å². The summed E-state index contributed by atoms with van der Waals surface area (Å²) in [6.45, 7) is 1.70. The van der Waals surface area contributed by atoms with Crippen LogP contribution in [-0.2, 0) is 16.6 Å². The van der Waals surface area contributed by atoms with E-state index in [1.54, 1.807) is 37.4 Å². The van der Waals surface area contributed by atoms with Crippen LogP contribution in [0.2, 0.25) is 0 Å². The van der Waals surface area contributed by atoms with Gasteiger partial charge < -0.3 is 9.64 Å². The predicted molar refractivity (Wildman–Crippen MR) is 111 cm³/mol. The lowest BCUT2D eigenvalue weighted by Crippen LogP contribution is -2.43. The molecule has 0 atom stereocenters. The van der Waals surface area contributed by atoms with E-state index in [0.717, 1.165) is 5.69 Å². The summed E-state index contributed by atoms with van der Waals surface area (Å²) < 4.78 is 33.4. The average Bonchev–Trinajstić information content (AvgIpc) is 2.75. The van der Waals surface area contributed by atoms with Gasteiger partial charge in [-0.2, -0.15) is 0 Å². The molecular weight excluding hydrogens is 372 g/mol. The summed E-state index contributed by atoms with van der Waals surface area (Å²) >= 11 is 0. The molecule has 1 aliphatic rings. The van der Waals surface area contributed by atoms with E-state index in [2.05, 4.69) is 17.0 Å². The molecule has 5 nitrogen and oxygen atoms in total. The zero-order chi connectivity index (χ0) is 19.6. The Labute approximate surface area is 165 Å². The van der Waals surface area contributed by atoms with Crippen molar-refractivity contribution in [2.24, 2.45) is 0 Å². The Morgan fingerprint density at radius 2 is 1.54 bits per heavy atom. The van der Waals surface area contributed by atoms with Crippen LogP contribution in [0.15, 0.2) is 83.8 Å². The molecule has 0 N–H and O–H groups in total. The maximum atomic E-state index is 13.2. The SMILES string of the molecule is COc1ccc2c(c1)N(Cc1ccccc1)CCN2S(=O)(=O)c1ccccc1. The summed E-state index contributed by atoms with van der Waals surface area (Å²) in [5.74, 6) is 0.704. The molecule has 0 radical (unpaired) electrons. The lowest BCUT2D eigenvalue weighted by molar-refractivity contribution is 0.414. The molecule has 0 fully saturated rings. The number of anilines is 2. The van der Waals surface area contributed by atoms with Crippen LogP contribution in [0.3, 0.4) is 0 Å². The predicted octanol–water partition coefficient (Wildman–Crippen LogP) is 3.91. The van der Waals surface area contributed by atoms with E-state index in [9.17, 15) is 8.42 Å². The van der Waals surface area contributed by atoms with Gasteiger partial charge in [0.2, 0.25) is 0 Å². The second kappa shape index (κ2) is 7.56. The van der Waals surface area contributed by atoms with Crippen LogP contribution in [0.1, 0.15) is 5.56 Å². The Kier molecular flexibility index (Phi) is 4.96. The van der Waals surface area contributed by atoms with Gasteiger partial charge in [-0.3, -0.25) is 4.31 Å². The zero-order valence-electron chi connectivity index (χ0n) is 15.7. The van der Waals surface area contributed by atoms with Gasteiger partial charge in [0, 0.05) is 19.2 Å². The van der Waals surface area contributed by atoms with Crippen molar-refractivity contribution < 1.29 is 13.2 Å². The summed E-state index contributed by atoms with van der Waals surface area (Å²) in [6.07, 6.45) is 0. The molecule has 144 valence electrons. The third-order valence-electron chi connectivity index (χ3n) is 4.91. The first kappa shape index (κ1) is 18.4. The van der Waals surface area contributed by atoms with E-state index in [1.165, 1.54) is 9.87 Å². The van der Waals surface area contributed by atoms with Gasteiger partial charge in [-0.15, -0.1) is 0 Å². The Morgan fingerprint density at radius 1 is 0.857 bits per heavy atom. The second-order valence-corrected chi connectivity index (χ2v) is 8.51. The van der Waals surface area contributed by atoms with Crippen LogP contribution < -0.4 is 13.9 Å². The number of methoxy groups -OCH3 is 1. The molecule has 28 heavy (non-hydrogen) atoms. The van der Waals surface area contributed by atoms with Crippen molar-refractivity contribution >= 4 is 21.4 Å². The number of benzene rings is 3. The first-order valence-corrected chi connectivity index (χ1v) is 10.6. The Hall–Kier alpha value is -2.99. The van der Waals surface area contributed by atoms with Crippen LogP contribution in [0.25, 0.3) is 0 Å². The monoisotopic (exact) mass is 394 g/mol. The first-order chi connectivity index (χ1) is 13.6. The summed E-state index contributed by atoms with van der Waals surface area (Å²) in [4.78, 5) is 2.50. The van der Waals surface area contributed by atoms with Gasteiger partial charge in [0.25, 0.3) is 10.0 Å². The van der Waals surface area contributed by atoms with Crippen LogP contribution in [0.4, 0.5) is 11.4 Å². The molecule has 4 rings (SSSR count). The smallest absolute Gasteiger partial charge is 0.264 e. The highest BCUT2D eigenvalue weighted by Gasteiger charge is 2.32. The Balaban J connectivity index is 1.75. The van der Waals surface area contributed by atoms with Gasteiger partial charge in [-0.05, 0) is 29.8 Å². The fraction of sp³-hybridized carbons (Fsp3) is 0.182. The number of hydrogen-bond acceptors (Lipinski definition) is 4. The number of rotatable bonds is 5. The summed E-state index contributed by atoms with van der Waals surface area (Å²) in [7, 11) is -2.01. The highest BCUT2D eigenvalue weighted by molar-refractivity contribution is 7.92. The van der Waals surface area contributed by atoms with E-state index < -0.39 is 10.0 Å². The Morgan fingerprint density at radius 3 is 2.21 bits per heavy atom.